The number of allylic oxidation sites excluding steroid dienone is 2. The molecule has 2 heterocycles. The molecule has 1 aliphatic rings. The molecule has 2 aromatic rings. The molecule has 2 N–H and O–H groups in total. The van der Waals surface area contributed by atoms with Gasteiger partial charge in [0.2, 0.25) is 0 Å². The monoisotopic (exact) mass is 359 g/mol. The lowest BCUT2D eigenvalue weighted by Crippen LogP contribution is -2.37. The van der Waals surface area contributed by atoms with Crippen LogP contribution in [0, 0.1) is 5.92 Å². The zero-order valence-electron chi connectivity index (χ0n) is 16.2. The molecular formula is C19H29N5O2. The summed E-state index contributed by atoms with van der Waals surface area (Å²) >= 11 is 0. The third-order valence-corrected chi connectivity index (χ3v) is 5.61. The molecule has 1 fully saturated rings. The van der Waals surface area contributed by atoms with E-state index >= 15 is 0 Å². The van der Waals surface area contributed by atoms with Crippen LogP contribution < -0.4 is 17.0 Å². The summed E-state index contributed by atoms with van der Waals surface area (Å²) in [5, 5.41) is 0. The third-order valence-electron chi connectivity index (χ3n) is 5.61. The molecule has 0 aliphatic heterocycles. The average Bonchev–Trinajstić information content (AvgIpc) is 3.25. The zero-order chi connectivity index (χ0) is 19.0. The highest BCUT2D eigenvalue weighted by Gasteiger charge is 2.31. The van der Waals surface area contributed by atoms with Crippen LogP contribution in [-0.4, -0.2) is 25.2 Å². The molecule has 0 spiro atoms. The molecule has 1 aliphatic carbocycles. The number of rotatable bonds is 5. The molecule has 142 valence electrons. The Morgan fingerprint density at radius 2 is 1.88 bits per heavy atom. The Bertz CT molecular complexity index is 953. The molecule has 1 saturated carbocycles. The lowest BCUT2D eigenvalue weighted by atomic mass is 9.90. The van der Waals surface area contributed by atoms with Gasteiger partial charge in [0.25, 0.3) is 5.56 Å². The number of nitrogens with zero attached hydrogens (tertiary/aromatic N) is 4. The van der Waals surface area contributed by atoms with Crippen LogP contribution in [0.15, 0.2) is 21.2 Å². The highest BCUT2D eigenvalue weighted by molar-refractivity contribution is 5.71. The van der Waals surface area contributed by atoms with Crippen molar-refractivity contribution in [1.29, 1.82) is 0 Å². The normalized spacial score (nSPS) is 16.3. The van der Waals surface area contributed by atoms with Gasteiger partial charge in [-0.3, -0.25) is 13.9 Å². The van der Waals surface area contributed by atoms with Gasteiger partial charge in [0, 0.05) is 33.1 Å². The molecule has 7 heteroatoms. The molecule has 0 saturated heterocycles. The summed E-state index contributed by atoms with van der Waals surface area (Å²) in [5.74, 6) is 1.43. The van der Waals surface area contributed by atoms with Crippen LogP contribution in [-0.2, 0) is 20.6 Å². The molecule has 0 aromatic carbocycles. The van der Waals surface area contributed by atoms with Gasteiger partial charge in [0.05, 0.1) is 0 Å². The fraction of sp³-hybridized carbons (Fsp3) is 0.632. The van der Waals surface area contributed by atoms with E-state index in [0.29, 0.717) is 30.2 Å². The third kappa shape index (κ3) is 3.05. The molecular weight excluding hydrogens is 330 g/mol. The van der Waals surface area contributed by atoms with E-state index in [1.807, 2.05) is 18.4 Å². The molecule has 7 nitrogen and oxygen atoms in total. The van der Waals surface area contributed by atoms with E-state index in [0.717, 1.165) is 23.2 Å². The average molecular weight is 359 g/mol. The first-order valence-corrected chi connectivity index (χ1v) is 9.36. The summed E-state index contributed by atoms with van der Waals surface area (Å²) in [4.78, 5) is 29.9. The van der Waals surface area contributed by atoms with E-state index < -0.39 is 0 Å². The lowest BCUT2D eigenvalue weighted by molar-refractivity contribution is 0.414. The SMILES string of the molecule is CC(C)=CCn1c(C(CN)C2CCCC2)nc2c1c(=O)n(C)c(=O)n2C. The van der Waals surface area contributed by atoms with Crippen molar-refractivity contribution in [3.63, 3.8) is 0 Å². The van der Waals surface area contributed by atoms with Gasteiger partial charge < -0.3 is 10.3 Å². The second kappa shape index (κ2) is 7.23. The molecule has 2 aromatic heterocycles. The minimum absolute atomic E-state index is 0.107. The van der Waals surface area contributed by atoms with Gasteiger partial charge in [-0.2, -0.15) is 0 Å². The standard InChI is InChI=1S/C19H29N5O2/c1-12(2)9-10-24-15-17(22(3)19(26)23(4)18(15)25)21-16(24)14(11-20)13-7-5-6-8-13/h9,13-14H,5-8,10-11,20H2,1-4H3. The Kier molecular flexibility index (Phi) is 5.18. The fourth-order valence-electron chi connectivity index (χ4n) is 4.07. The van der Waals surface area contributed by atoms with Crippen LogP contribution in [0.5, 0.6) is 0 Å². The van der Waals surface area contributed by atoms with Gasteiger partial charge >= 0.3 is 5.69 Å². The number of aryl methyl sites for hydroxylation is 1. The summed E-state index contributed by atoms with van der Waals surface area (Å²) in [7, 11) is 3.18. The quantitative estimate of drug-likeness (QED) is 0.822. The van der Waals surface area contributed by atoms with Gasteiger partial charge in [-0.05, 0) is 32.6 Å². The van der Waals surface area contributed by atoms with Crippen molar-refractivity contribution in [3.8, 4) is 0 Å². The minimum Gasteiger partial charge on any atom is -0.330 e. The van der Waals surface area contributed by atoms with Crippen molar-refractivity contribution < 1.29 is 0 Å². The summed E-state index contributed by atoms with van der Waals surface area (Å²) in [6, 6.07) is 0. The Labute approximate surface area is 153 Å². The van der Waals surface area contributed by atoms with E-state index in [2.05, 4.69) is 6.08 Å². The van der Waals surface area contributed by atoms with E-state index in [4.69, 9.17) is 10.7 Å². The Balaban J connectivity index is 2.30. The van der Waals surface area contributed by atoms with Crippen molar-refractivity contribution in [2.75, 3.05) is 6.54 Å². The van der Waals surface area contributed by atoms with Gasteiger partial charge in [0.1, 0.15) is 5.82 Å². The Morgan fingerprint density at radius 1 is 1.23 bits per heavy atom. The van der Waals surface area contributed by atoms with Gasteiger partial charge in [-0.15, -0.1) is 0 Å². The van der Waals surface area contributed by atoms with E-state index in [1.165, 1.54) is 30.0 Å². The topological polar surface area (TPSA) is 87.8 Å². The molecule has 3 rings (SSSR count). The molecule has 0 radical (unpaired) electrons. The smallest absolute Gasteiger partial charge is 0.330 e. The van der Waals surface area contributed by atoms with Crippen molar-refractivity contribution in [1.82, 2.24) is 18.7 Å². The fourth-order valence-corrected chi connectivity index (χ4v) is 4.07. The summed E-state index contributed by atoms with van der Waals surface area (Å²) in [5.41, 5.74) is 7.60. The van der Waals surface area contributed by atoms with Crippen LogP contribution in [0.3, 0.4) is 0 Å². The zero-order valence-corrected chi connectivity index (χ0v) is 16.2. The summed E-state index contributed by atoms with van der Waals surface area (Å²) in [6.45, 7) is 5.12. The second-order valence-corrected chi connectivity index (χ2v) is 7.63. The maximum Gasteiger partial charge on any atom is 0.332 e. The lowest BCUT2D eigenvalue weighted by Gasteiger charge is -2.22. The van der Waals surface area contributed by atoms with Crippen molar-refractivity contribution in [2.24, 2.45) is 25.7 Å². The number of imidazole rings is 1. The van der Waals surface area contributed by atoms with E-state index in [1.54, 1.807) is 7.05 Å². The van der Waals surface area contributed by atoms with Crippen molar-refractivity contribution in [2.45, 2.75) is 52.0 Å². The predicted octanol–water partition coefficient (Wildman–Crippen LogP) is 1.63. The largest absolute Gasteiger partial charge is 0.332 e. The highest BCUT2D eigenvalue weighted by atomic mass is 16.2. The number of fused-ring (bicyclic) bond motifs is 1. The molecule has 0 bridgehead atoms. The first-order valence-electron chi connectivity index (χ1n) is 9.36. The Hall–Kier alpha value is -2.15. The molecule has 0 amide bonds. The Morgan fingerprint density at radius 3 is 2.46 bits per heavy atom. The number of hydrogen-bond acceptors (Lipinski definition) is 4. The minimum atomic E-state index is -0.355. The summed E-state index contributed by atoms with van der Waals surface area (Å²) < 4.78 is 4.58. The maximum atomic E-state index is 12.8. The van der Waals surface area contributed by atoms with Crippen molar-refractivity contribution in [3.05, 3.63) is 38.3 Å². The second-order valence-electron chi connectivity index (χ2n) is 7.63. The van der Waals surface area contributed by atoms with Crippen LogP contribution >= 0.6 is 0 Å². The van der Waals surface area contributed by atoms with E-state index in [9.17, 15) is 9.59 Å². The van der Waals surface area contributed by atoms with Gasteiger partial charge in [-0.25, -0.2) is 9.78 Å². The van der Waals surface area contributed by atoms with Gasteiger partial charge in [0.15, 0.2) is 11.2 Å². The summed E-state index contributed by atoms with van der Waals surface area (Å²) in [6.07, 6.45) is 6.80. The number of hydrogen-bond donors (Lipinski definition) is 1. The number of nitrogens with two attached hydrogens (primary N) is 1. The van der Waals surface area contributed by atoms with E-state index in [-0.39, 0.29) is 17.2 Å². The van der Waals surface area contributed by atoms with Crippen molar-refractivity contribution >= 4 is 11.2 Å². The number of aromatic nitrogens is 4. The molecule has 1 unspecified atom stereocenters. The molecule has 1 atom stereocenters. The van der Waals surface area contributed by atoms with Crippen LogP contribution in [0.1, 0.15) is 51.3 Å². The maximum absolute atomic E-state index is 12.8. The van der Waals surface area contributed by atoms with Crippen LogP contribution in [0.4, 0.5) is 0 Å². The van der Waals surface area contributed by atoms with Crippen LogP contribution in [0.2, 0.25) is 0 Å². The van der Waals surface area contributed by atoms with Crippen LogP contribution in [0.25, 0.3) is 11.2 Å². The van der Waals surface area contributed by atoms with Gasteiger partial charge in [-0.1, -0.05) is 24.5 Å². The predicted molar refractivity (Wildman–Crippen MR) is 103 cm³/mol. The first-order chi connectivity index (χ1) is 12.4. The molecule has 26 heavy (non-hydrogen) atoms. The first kappa shape index (κ1) is 18.6. The highest BCUT2D eigenvalue weighted by Crippen LogP contribution is 2.37.